The van der Waals surface area contributed by atoms with Crippen molar-refractivity contribution >= 4 is 35.0 Å². The summed E-state index contributed by atoms with van der Waals surface area (Å²) in [6.07, 6.45) is -4.47. The Kier molecular flexibility index (Phi) is 4.82. The first kappa shape index (κ1) is 15.5. The van der Waals surface area contributed by atoms with Gasteiger partial charge in [-0.25, -0.2) is 0 Å². The molecular weight excluding hydrogens is 313 g/mol. The predicted octanol–water partition coefficient (Wildman–Crippen LogP) is 3.00. The van der Waals surface area contributed by atoms with Crippen LogP contribution in [0.2, 0.25) is 5.02 Å². The van der Waals surface area contributed by atoms with Gasteiger partial charge in [-0.15, -0.1) is 0 Å². The van der Waals surface area contributed by atoms with Gasteiger partial charge in [0.1, 0.15) is 0 Å². The average molecular weight is 325 g/mol. The summed E-state index contributed by atoms with van der Waals surface area (Å²) in [6.45, 7) is 0.694. The Morgan fingerprint density at radius 3 is 2.80 bits per heavy atom. The second-order valence-corrected chi connectivity index (χ2v) is 5.82. The molecule has 1 fully saturated rings. The minimum absolute atomic E-state index is 0.0242. The number of rotatable bonds is 2. The quantitative estimate of drug-likeness (QED) is 0.878. The maximum atomic E-state index is 12.6. The fourth-order valence-corrected chi connectivity index (χ4v) is 2.85. The van der Waals surface area contributed by atoms with Crippen molar-refractivity contribution in [1.29, 1.82) is 0 Å². The lowest BCUT2D eigenvalue weighted by Gasteiger charge is -2.22. The number of thioether (sulfide) groups is 1. The van der Waals surface area contributed by atoms with Crippen LogP contribution >= 0.6 is 23.4 Å². The van der Waals surface area contributed by atoms with Crippen molar-refractivity contribution in [2.24, 2.45) is 0 Å². The number of nitrogens with one attached hydrogen (secondary N) is 2. The largest absolute Gasteiger partial charge is 0.416 e. The number of hydrogen-bond acceptors (Lipinski definition) is 3. The molecule has 1 amide bonds. The lowest BCUT2D eigenvalue weighted by atomic mass is 10.2. The number of carbonyl (C=O) groups excluding carboxylic acids is 1. The van der Waals surface area contributed by atoms with Crippen molar-refractivity contribution in [3.8, 4) is 0 Å². The maximum absolute atomic E-state index is 12.6. The van der Waals surface area contributed by atoms with Crippen LogP contribution in [0, 0.1) is 0 Å². The monoisotopic (exact) mass is 324 g/mol. The number of anilines is 1. The van der Waals surface area contributed by atoms with Crippen LogP contribution in [-0.4, -0.2) is 30.0 Å². The molecule has 1 heterocycles. The molecule has 3 nitrogen and oxygen atoms in total. The summed E-state index contributed by atoms with van der Waals surface area (Å²) < 4.78 is 37.9. The number of carbonyl (C=O) groups is 1. The van der Waals surface area contributed by atoms with E-state index in [0.717, 1.165) is 24.0 Å². The van der Waals surface area contributed by atoms with Crippen LogP contribution in [0.4, 0.5) is 18.9 Å². The first-order valence-electron chi connectivity index (χ1n) is 5.86. The van der Waals surface area contributed by atoms with Crippen LogP contribution in [0.3, 0.4) is 0 Å². The lowest BCUT2D eigenvalue weighted by molar-refractivity contribution is -0.137. The Morgan fingerprint density at radius 1 is 1.45 bits per heavy atom. The Morgan fingerprint density at radius 2 is 2.20 bits per heavy atom. The van der Waals surface area contributed by atoms with Crippen molar-refractivity contribution < 1.29 is 18.0 Å². The molecule has 0 spiro atoms. The van der Waals surface area contributed by atoms with E-state index in [1.165, 1.54) is 0 Å². The van der Waals surface area contributed by atoms with Gasteiger partial charge in [0.15, 0.2) is 0 Å². The highest BCUT2D eigenvalue weighted by Crippen LogP contribution is 2.33. The summed E-state index contributed by atoms with van der Waals surface area (Å²) >= 11 is 7.44. The van der Waals surface area contributed by atoms with E-state index in [4.69, 9.17) is 11.6 Å². The molecule has 8 heteroatoms. The first-order valence-corrected chi connectivity index (χ1v) is 7.40. The SMILES string of the molecule is O=C(Nc1cc(C(F)(F)F)ccc1Cl)C1CSCCN1. The molecule has 1 unspecified atom stereocenters. The van der Waals surface area contributed by atoms with E-state index in [1.54, 1.807) is 11.8 Å². The Hall–Kier alpha value is -0.920. The fraction of sp³-hybridized carbons (Fsp3) is 0.417. The number of amides is 1. The van der Waals surface area contributed by atoms with Crippen LogP contribution in [-0.2, 0) is 11.0 Å². The third-order valence-corrected chi connectivity index (χ3v) is 4.18. The van der Waals surface area contributed by atoms with Gasteiger partial charge in [0.25, 0.3) is 0 Å². The van der Waals surface area contributed by atoms with Gasteiger partial charge in [-0.3, -0.25) is 4.79 Å². The summed E-state index contributed by atoms with van der Waals surface area (Å²) in [5.41, 5.74) is -0.868. The second-order valence-electron chi connectivity index (χ2n) is 4.26. The van der Waals surface area contributed by atoms with Gasteiger partial charge in [0.2, 0.25) is 5.91 Å². The van der Waals surface area contributed by atoms with Gasteiger partial charge in [0, 0.05) is 18.1 Å². The van der Waals surface area contributed by atoms with E-state index in [1.807, 2.05) is 0 Å². The van der Waals surface area contributed by atoms with Gasteiger partial charge >= 0.3 is 6.18 Å². The highest BCUT2D eigenvalue weighted by molar-refractivity contribution is 7.99. The molecule has 20 heavy (non-hydrogen) atoms. The third kappa shape index (κ3) is 3.80. The van der Waals surface area contributed by atoms with Crippen molar-refractivity contribution in [3.05, 3.63) is 28.8 Å². The van der Waals surface area contributed by atoms with E-state index in [-0.39, 0.29) is 16.6 Å². The molecule has 1 aromatic carbocycles. The Bertz CT molecular complexity index is 504. The molecule has 1 atom stereocenters. The van der Waals surface area contributed by atoms with Crippen LogP contribution in [0.1, 0.15) is 5.56 Å². The van der Waals surface area contributed by atoms with Crippen molar-refractivity contribution in [1.82, 2.24) is 5.32 Å². The minimum Gasteiger partial charge on any atom is -0.323 e. The molecule has 1 aliphatic heterocycles. The summed E-state index contributed by atoms with van der Waals surface area (Å²) in [6, 6.07) is 2.44. The molecule has 0 aromatic heterocycles. The summed E-state index contributed by atoms with van der Waals surface area (Å²) in [7, 11) is 0. The number of hydrogen-bond donors (Lipinski definition) is 2. The lowest BCUT2D eigenvalue weighted by Crippen LogP contribution is -2.46. The second kappa shape index (κ2) is 6.24. The Balaban J connectivity index is 2.13. The van der Waals surface area contributed by atoms with Crippen LogP contribution < -0.4 is 10.6 Å². The summed E-state index contributed by atoms with van der Waals surface area (Å²) in [4.78, 5) is 12.0. The Labute approximate surface area is 123 Å². The molecular formula is C12H12ClF3N2OS. The molecule has 1 saturated heterocycles. The van der Waals surface area contributed by atoms with Crippen molar-refractivity contribution in [2.75, 3.05) is 23.4 Å². The highest BCUT2D eigenvalue weighted by atomic mass is 35.5. The van der Waals surface area contributed by atoms with E-state index in [9.17, 15) is 18.0 Å². The van der Waals surface area contributed by atoms with Gasteiger partial charge < -0.3 is 10.6 Å². The number of alkyl halides is 3. The van der Waals surface area contributed by atoms with Gasteiger partial charge in [-0.1, -0.05) is 11.6 Å². The van der Waals surface area contributed by atoms with E-state index in [0.29, 0.717) is 12.3 Å². The molecule has 0 bridgehead atoms. The minimum atomic E-state index is -4.47. The topological polar surface area (TPSA) is 41.1 Å². The maximum Gasteiger partial charge on any atom is 0.416 e. The van der Waals surface area contributed by atoms with Crippen molar-refractivity contribution in [3.63, 3.8) is 0 Å². The van der Waals surface area contributed by atoms with Crippen LogP contribution in [0.25, 0.3) is 0 Å². The van der Waals surface area contributed by atoms with Gasteiger partial charge in [-0.05, 0) is 18.2 Å². The molecule has 1 aliphatic rings. The molecule has 0 radical (unpaired) electrons. The summed E-state index contributed by atoms with van der Waals surface area (Å²) in [5.74, 6) is 1.12. The van der Waals surface area contributed by atoms with E-state index in [2.05, 4.69) is 10.6 Å². The number of halogens is 4. The standard InChI is InChI=1S/C12H12ClF3N2OS/c13-8-2-1-7(12(14,15)16)5-9(8)18-11(19)10-6-20-4-3-17-10/h1-2,5,10,17H,3-4,6H2,(H,18,19). The first-order chi connectivity index (χ1) is 9.38. The zero-order chi connectivity index (χ0) is 14.8. The zero-order valence-corrected chi connectivity index (χ0v) is 11.8. The number of benzene rings is 1. The molecule has 2 rings (SSSR count). The smallest absolute Gasteiger partial charge is 0.323 e. The molecule has 1 aromatic rings. The molecule has 110 valence electrons. The molecule has 0 aliphatic carbocycles. The molecule has 0 saturated carbocycles. The third-order valence-electron chi connectivity index (χ3n) is 2.79. The van der Waals surface area contributed by atoms with Gasteiger partial charge in [-0.2, -0.15) is 24.9 Å². The van der Waals surface area contributed by atoms with Crippen LogP contribution in [0.15, 0.2) is 18.2 Å². The predicted molar refractivity (Wildman–Crippen MR) is 74.2 cm³/mol. The average Bonchev–Trinajstić information content (AvgIpc) is 2.41. The molecule has 2 N–H and O–H groups in total. The normalized spacial score (nSPS) is 19.7. The fourth-order valence-electron chi connectivity index (χ4n) is 1.75. The van der Waals surface area contributed by atoms with E-state index < -0.39 is 17.8 Å². The van der Waals surface area contributed by atoms with Gasteiger partial charge in [0.05, 0.1) is 22.3 Å². The highest BCUT2D eigenvalue weighted by Gasteiger charge is 2.31. The summed E-state index contributed by atoms with van der Waals surface area (Å²) in [5, 5.41) is 5.53. The van der Waals surface area contributed by atoms with Crippen LogP contribution in [0.5, 0.6) is 0 Å². The van der Waals surface area contributed by atoms with E-state index >= 15 is 0 Å². The van der Waals surface area contributed by atoms with Crippen molar-refractivity contribution in [2.45, 2.75) is 12.2 Å². The zero-order valence-electron chi connectivity index (χ0n) is 10.3.